The molecule has 0 spiro atoms. The Morgan fingerprint density at radius 2 is 1.80 bits per heavy atom. The highest BCUT2D eigenvalue weighted by atomic mass is 32.2. The molecule has 0 atom stereocenters. The molecule has 1 aliphatic heterocycles. The van der Waals surface area contributed by atoms with Gasteiger partial charge in [0.2, 0.25) is 0 Å². The zero-order chi connectivity index (χ0) is 10.5. The first-order valence-corrected chi connectivity index (χ1v) is 6.59. The van der Waals surface area contributed by atoms with E-state index in [1.807, 2.05) is 30.3 Å². The van der Waals surface area contributed by atoms with Crippen LogP contribution in [0.4, 0.5) is 0 Å². The number of benzene rings is 1. The molecule has 0 aliphatic carbocycles. The van der Waals surface area contributed by atoms with Crippen LogP contribution in [0.1, 0.15) is 5.56 Å². The summed E-state index contributed by atoms with van der Waals surface area (Å²) in [6.45, 7) is 0. The van der Waals surface area contributed by atoms with Crippen LogP contribution in [0, 0.1) is 11.3 Å². The maximum absolute atomic E-state index is 9.06. The van der Waals surface area contributed by atoms with Gasteiger partial charge >= 0.3 is 0 Å². The highest BCUT2D eigenvalue weighted by Crippen LogP contribution is 2.35. The largest absolute Gasteiger partial charge is 0.192 e. The first kappa shape index (κ1) is 10.4. The van der Waals surface area contributed by atoms with Crippen LogP contribution >= 0.6 is 23.5 Å². The van der Waals surface area contributed by atoms with Crippen LogP contribution in [-0.4, -0.2) is 11.5 Å². The second-order valence-electron chi connectivity index (χ2n) is 2.96. The van der Waals surface area contributed by atoms with Gasteiger partial charge in [-0.3, -0.25) is 0 Å². The number of hydrogen-bond acceptors (Lipinski definition) is 3. The minimum absolute atomic E-state index is 0.632. The van der Waals surface area contributed by atoms with E-state index in [2.05, 4.69) is 11.8 Å². The molecular formula is C12H9NS2. The lowest BCUT2D eigenvalue weighted by atomic mass is 10.1. The molecule has 0 bridgehead atoms. The lowest BCUT2D eigenvalue weighted by molar-refractivity contribution is 1.52. The van der Waals surface area contributed by atoms with Gasteiger partial charge in [-0.05, 0) is 0 Å². The molecule has 1 fully saturated rings. The Balaban J connectivity index is 2.41. The fraction of sp³-hybridized carbons (Fsp3) is 0.167. The Labute approximate surface area is 97.9 Å². The molecule has 15 heavy (non-hydrogen) atoms. The molecule has 0 radical (unpaired) electrons. The van der Waals surface area contributed by atoms with Crippen molar-refractivity contribution >= 4 is 29.1 Å². The lowest BCUT2D eigenvalue weighted by Crippen LogP contribution is -1.77. The van der Waals surface area contributed by atoms with E-state index < -0.39 is 0 Å². The Bertz CT molecular complexity index is 442. The molecule has 1 aliphatic rings. The van der Waals surface area contributed by atoms with E-state index in [0.717, 1.165) is 21.3 Å². The third-order valence-electron chi connectivity index (χ3n) is 1.95. The first-order chi connectivity index (χ1) is 7.40. The Morgan fingerprint density at radius 3 is 2.40 bits per heavy atom. The van der Waals surface area contributed by atoms with Crippen molar-refractivity contribution in [3.63, 3.8) is 0 Å². The van der Waals surface area contributed by atoms with Crippen LogP contribution in [0.5, 0.6) is 0 Å². The summed E-state index contributed by atoms with van der Waals surface area (Å²) in [5, 5.41) is 9.06. The molecule has 1 aromatic rings. The van der Waals surface area contributed by atoms with Crippen molar-refractivity contribution in [1.29, 1.82) is 5.26 Å². The van der Waals surface area contributed by atoms with Crippen molar-refractivity contribution in [2.45, 2.75) is 0 Å². The van der Waals surface area contributed by atoms with Gasteiger partial charge in [-0.1, -0.05) is 36.1 Å². The Kier molecular flexibility index (Phi) is 3.58. The smallest absolute Gasteiger partial charge is 0.108 e. The minimum Gasteiger partial charge on any atom is -0.192 e. The highest BCUT2D eigenvalue weighted by molar-refractivity contribution is 8.25. The van der Waals surface area contributed by atoms with E-state index >= 15 is 0 Å². The van der Waals surface area contributed by atoms with Gasteiger partial charge in [-0.2, -0.15) is 5.26 Å². The van der Waals surface area contributed by atoms with Crippen molar-refractivity contribution in [2.75, 3.05) is 11.5 Å². The maximum Gasteiger partial charge on any atom is 0.108 e. The zero-order valence-electron chi connectivity index (χ0n) is 8.06. The normalized spacial score (nSPS) is 14.5. The minimum atomic E-state index is 0.632. The fourth-order valence-electron chi connectivity index (χ4n) is 1.25. The number of allylic oxidation sites excluding steroid dienone is 1. The lowest BCUT2D eigenvalue weighted by Gasteiger charge is -1.94. The molecule has 0 N–H and O–H groups in total. The standard InChI is InChI=1S/C12H9NS2/c13-9-11(8-12-14-6-7-15-12)10-4-2-1-3-5-10/h1-5H,6-7H2. The number of hydrogen-bond donors (Lipinski definition) is 0. The predicted octanol–water partition coefficient (Wildman–Crippen LogP) is 3.51. The number of nitrogens with zero attached hydrogens (tertiary/aromatic N) is 1. The van der Waals surface area contributed by atoms with Gasteiger partial charge in [0.05, 0.1) is 4.24 Å². The Morgan fingerprint density at radius 1 is 1.13 bits per heavy atom. The molecule has 1 saturated heterocycles. The monoisotopic (exact) mass is 231 g/mol. The van der Waals surface area contributed by atoms with Gasteiger partial charge < -0.3 is 0 Å². The number of nitriles is 1. The second kappa shape index (κ2) is 5.14. The van der Waals surface area contributed by atoms with E-state index in [-0.39, 0.29) is 0 Å². The number of thioether (sulfide) groups is 2. The van der Waals surface area contributed by atoms with Crippen LogP contribution in [-0.2, 0) is 0 Å². The van der Waals surface area contributed by atoms with Crippen LogP contribution in [0.15, 0.2) is 40.3 Å². The summed E-state index contributed by atoms with van der Waals surface area (Å²) in [7, 11) is 0. The van der Waals surface area contributed by atoms with Gasteiger partial charge in [0.25, 0.3) is 0 Å². The van der Waals surface area contributed by atoms with Gasteiger partial charge in [-0.25, -0.2) is 0 Å². The summed E-state index contributed by atoms with van der Waals surface area (Å²) in [5.41, 5.74) is 4.76. The van der Waals surface area contributed by atoms with Crippen LogP contribution in [0.3, 0.4) is 0 Å². The fourth-order valence-corrected chi connectivity index (χ4v) is 3.47. The molecule has 1 heterocycles. The summed E-state index contributed by atoms with van der Waals surface area (Å²) in [4.78, 5) is 0. The molecule has 0 unspecified atom stereocenters. The topological polar surface area (TPSA) is 23.8 Å². The molecule has 2 rings (SSSR count). The summed E-state index contributed by atoms with van der Waals surface area (Å²) in [5.74, 6) is 2.25. The molecule has 1 aromatic carbocycles. The SMILES string of the molecule is N#CC(=C=C1SCCS1)c1ccccc1. The summed E-state index contributed by atoms with van der Waals surface area (Å²) in [6.07, 6.45) is 0. The van der Waals surface area contributed by atoms with Crippen LogP contribution in [0.2, 0.25) is 0 Å². The van der Waals surface area contributed by atoms with Crippen LogP contribution in [0.25, 0.3) is 5.57 Å². The predicted molar refractivity (Wildman–Crippen MR) is 67.4 cm³/mol. The third kappa shape index (κ3) is 2.70. The van der Waals surface area contributed by atoms with Crippen molar-refractivity contribution in [1.82, 2.24) is 0 Å². The third-order valence-corrected chi connectivity index (χ3v) is 4.46. The van der Waals surface area contributed by atoms with Gasteiger partial charge in [0.15, 0.2) is 0 Å². The van der Waals surface area contributed by atoms with E-state index in [1.165, 1.54) is 0 Å². The van der Waals surface area contributed by atoms with E-state index in [9.17, 15) is 0 Å². The van der Waals surface area contributed by atoms with E-state index in [0.29, 0.717) is 5.57 Å². The molecule has 3 heteroatoms. The van der Waals surface area contributed by atoms with Crippen molar-refractivity contribution in [2.24, 2.45) is 0 Å². The van der Waals surface area contributed by atoms with E-state index in [1.54, 1.807) is 23.5 Å². The molecule has 0 saturated carbocycles. The molecule has 0 aromatic heterocycles. The van der Waals surface area contributed by atoms with Gasteiger partial charge in [0.1, 0.15) is 11.6 Å². The van der Waals surface area contributed by atoms with Gasteiger partial charge in [-0.15, -0.1) is 23.5 Å². The van der Waals surface area contributed by atoms with E-state index in [4.69, 9.17) is 5.26 Å². The highest BCUT2D eigenvalue weighted by Gasteiger charge is 2.08. The maximum atomic E-state index is 9.06. The molecule has 74 valence electrons. The second-order valence-corrected chi connectivity index (χ2v) is 5.43. The summed E-state index contributed by atoms with van der Waals surface area (Å²) in [6, 6.07) is 11.9. The Hall–Kier alpha value is -1.07. The quantitative estimate of drug-likeness (QED) is 0.546. The van der Waals surface area contributed by atoms with Gasteiger partial charge in [0, 0.05) is 17.1 Å². The first-order valence-electron chi connectivity index (χ1n) is 4.62. The summed E-state index contributed by atoms with van der Waals surface area (Å²) >= 11 is 3.55. The number of rotatable bonds is 1. The summed E-state index contributed by atoms with van der Waals surface area (Å²) < 4.78 is 1.13. The molecule has 0 amide bonds. The molecular weight excluding hydrogens is 222 g/mol. The van der Waals surface area contributed by atoms with Crippen LogP contribution < -0.4 is 0 Å². The van der Waals surface area contributed by atoms with Crippen molar-refractivity contribution in [3.8, 4) is 6.07 Å². The average Bonchev–Trinajstić information content (AvgIpc) is 2.80. The molecule has 1 nitrogen and oxygen atoms in total. The van der Waals surface area contributed by atoms with Crippen molar-refractivity contribution in [3.05, 3.63) is 45.9 Å². The zero-order valence-corrected chi connectivity index (χ0v) is 9.70. The average molecular weight is 231 g/mol. The van der Waals surface area contributed by atoms with Crippen molar-refractivity contribution < 1.29 is 0 Å².